The first-order valence-corrected chi connectivity index (χ1v) is 16.7. The Balaban J connectivity index is 1.79. The van der Waals surface area contributed by atoms with E-state index < -0.39 is 34.3 Å². The highest BCUT2D eigenvalue weighted by Crippen LogP contribution is 2.27. The molecule has 1 N–H and O–H groups in total. The summed E-state index contributed by atoms with van der Waals surface area (Å²) in [6.45, 7) is 5.57. The minimum Gasteiger partial charge on any atom is -0.494 e. The lowest BCUT2D eigenvalue weighted by molar-refractivity contribution is -0.140. The first kappa shape index (κ1) is 34.2. The number of sulfonamides is 1. The van der Waals surface area contributed by atoms with Gasteiger partial charge in [-0.2, -0.15) is 0 Å². The Kier molecular flexibility index (Phi) is 11.9. The molecule has 2 amide bonds. The van der Waals surface area contributed by atoms with Crippen LogP contribution in [-0.2, 0) is 32.6 Å². The quantitative estimate of drug-likeness (QED) is 0.172. The van der Waals surface area contributed by atoms with E-state index in [9.17, 15) is 22.4 Å². The van der Waals surface area contributed by atoms with Gasteiger partial charge in [-0.1, -0.05) is 67.6 Å². The number of carbonyl (C=O) groups excluding carboxylic acids is 2. The fraction of sp³-hybridized carbons (Fsp3) is 0.278. The number of nitrogens with zero attached hydrogens (tertiary/aromatic N) is 2. The minimum atomic E-state index is -4.35. The van der Waals surface area contributed by atoms with Crippen molar-refractivity contribution in [3.05, 3.63) is 126 Å². The van der Waals surface area contributed by atoms with Crippen molar-refractivity contribution in [2.75, 3.05) is 17.5 Å². The zero-order valence-electron chi connectivity index (χ0n) is 26.3. The van der Waals surface area contributed by atoms with Crippen LogP contribution in [0.3, 0.4) is 0 Å². The number of amides is 2. The summed E-state index contributed by atoms with van der Waals surface area (Å²) < 4.78 is 48.4. The van der Waals surface area contributed by atoms with Crippen LogP contribution in [0.5, 0.6) is 5.75 Å². The molecule has 0 spiro atoms. The van der Waals surface area contributed by atoms with E-state index in [0.29, 0.717) is 18.8 Å². The molecule has 0 heterocycles. The molecule has 0 saturated heterocycles. The molecule has 2 unspecified atom stereocenters. The van der Waals surface area contributed by atoms with Crippen molar-refractivity contribution in [3.8, 4) is 5.75 Å². The zero-order chi connectivity index (χ0) is 33.1. The van der Waals surface area contributed by atoms with Crippen LogP contribution >= 0.6 is 0 Å². The number of benzene rings is 4. The van der Waals surface area contributed by atoms with E-state index in [4.69, 9.17) is 4.74 Å². The molecule has 0 bridgehead atoms. The zero-order valence-corrected chi connectivity index (χ0v) is 27.1. The van der Waals surface area contributed by atoms with Crippen LogP contribution in [0, 0.1) is 5.82 Å². The summed E-state index contributed by atoms with van der Waals surface area (Å²) in [7, 11) is -4.35. The maximum absolute atomic E-state index is 14.5. The van der Waals surface area contributed by atoms with Crippen molar-refractivity contribution in [2.24, 2.45) is 0 Å². The Morgan fingerprint density at radius 1 is 0.826 bits per heavy atom. The Bertz CT molecular complexity index is 1670. The SMILES string of the molecule is CCOc1ccc(N(CC(=O)N(Cc2ccccc2)C(Cc2ccccc2)C(=O)NC(C)CC)S(=O)(=O)c2ccc(F)cc2)cc1. The molecule has 0 aliphatic rings. The fourth-order valence-corrected chi connectivity index (χ4v) is 6.33. The molecule has 0 fully saturated rings. The second-order valence-electron chi connectivity index (χ2n) is 10.9. The van der Waals surface area contributed by atoms with E-state index >= 15 is 0 Å². The number of halogens is 1. The van der Waals surface area contributed by atoms with Crippen molar-refractivity contribution in [1.82, 2.24) is 10.2 Å². The second-order valence-corrected chi connectivity index (χ2v) is 12.8. The lowest BCUT2D eigenvalue weighted by atomic mass is 10.0. The first-order chi connectivity index (χ1) is 22.1. The summed E-state index contributed by atoms with van der Waals surface area (Å²) >= 11 is 0. The van der Waals surface area contributed by atoms with E-state index in [0.717, 1.165) is 39.7 Å². The molecule has 0 radical (unpaired) electrons. The summed E-state index contributed by atoms with van der Waals surface area (Å²) in [5.41, 5.74) is 1.84. The van der Waals surface area contributed by atoms with Gasteiger partial charge in [0, 0.05) is 19.0 Å². The molecular weight excluding hydrogens is 605 g/mol. The second kappa shape index (κ2) is 16.0. The van der Waals surface area contributed by atoms with Crippen molar-refractivity contribution in [2.45, 2.75) is 57.1 Å². The van der Waals surface area contributed by atoms with Gasteiger partial charge in [0.05, 0.1) is 17.2 Å². The summed E-state index contributed by atoms with van der Waals surface area (Å²) in [5.74, 6) is -0.972. The average Bonchev–Trinajstić information content (AvgIpc) is 3.06. The highest BCUT2D eigenvalue weighted by atomic mass is 32.2. The smallest absolute Gasteiger partial charge is 0.264 e. The number of rotatable bonds is 15. The summed E-state index contributed by atoms with van der Waals surface area (Å²) in [6.07, 6.45) is 0.910. The van der Waals surface area contributed by atoms with Crippen LogP contribution in [0.1, 0.15) is 38.3 Å². The largest absolute Gasteiger partial charge is 0.494 e. The van der Waals surface area contributed by atoms with Crippen LogP contribution in [0.4, 0.5) is 10.1 Å². The van der Waals surface area contributed by atoms with Crippen molar-refractivity contribution in [1.29, 1.82) is 0 Å². The molecule has 0 aliphatic carbocycles. The first-order valence-electron chi connectivity index (χ1n) is 15.3. The molecule has 242 valence electrons. The molecule has 46 heavy (non-hydrogen) atoms. The van der Waals surface area contributed by atoms with Crippen molar-refractivity contribution in [3.63, 3.8) is 0 Å². The van der Waals surface area contributed by atoms with Crippen LogP contribution in [0.15, 0.2) is 114 Å². The highest BCUT2D eigenvalue weighted by molar-refractivity contribution is 7.92. The third kappa shape index (κ3) is 8.94. The van der Waals surface area contributed by atoms with E-state index in [1.54, 1.807) is 24.3 Å². The third-order valence-corrected chi connectivity index (χ3v) is 9.37. The molecule has 0 saturated carbocycles. The van der Waals surface area contributed by atoms with E-state index in [-0.39, 0.29) is 35.5 Å². The number of nitrogens with one attached hydrogen (secondary N) is 1. The van der Waals surface area contributed by atoms with E-state index in [2.05, 4.69) is 5.32 Å². The molecule has 4 rings (SSSR count). The van der Waals surface area contributed by atoms with Gasteiger partial charge in [-0.25, -0.2) is 12.8 Å². The number of ether oxygens (including phenoxy) is 1. The number of carbonyl (C=O) groups is 2. The van der Waals surface area contributed by atoms with Gasteiger partial charge in [-0.05, 0) is 79.9 Å². The summed E-state index contributed by atoms with van der Waals surface area (Å²) in [4.78, 5) is 29.6. The monoisotopic (exact) mass is 645 g/mol. The minimum absolute atomic E-state index is 0.0683. The van der Waals surface area contributed by atoms with E-state index in [1.807, 2.05) is 81.4 Å². The molecule has 0 aromatic heterocycles. The van der Waals surface area contributed by atoms with Crippen LogP contribution in [0.25, 0.3) is 0 Å². The molecule has 4 aromatic carbocycles. The van der Waals surface area contributed by atoms with Gasteiger partial charge in [0.15, 0.2) is 0 Å². The van der Waals surface area contributed by atoms with Crippen LogP contribution < -0.4 is 14.4 Å². The maximum Gasteiger partial charge on any atom is 0.264 e. The normalized spacial score (nSPS) is 12.5. The number of hydrogen-bond donors (Lipinski definition) is 1. The summed E-state index contributed by atoms with van der Waals surface area (Å²) in [6, 6.07) is 28.3. The van der Waals surface area contributed by atoms with Gasteiger partial charge >= 0.3 is 0 Å². The lowest BCUT2D eigenvalue weighted by Crippen LogP contribution is -2.54. The van der Waals surface area contributed by atoms with Crippen molar-refractivity contribution >= 4 is 27.5 Å². The van der Waals surface area contributed by atoms with Crippen molar-refractivity contribution < 1.29 is 27.1 Å². The van der Waals surface area contributed by atoms with Gasteiger partial charge in [0.25, 0.3) is 10.0 Å². The predicted molar refractivity (Wildman–Crippen MR) is 177 cm³/mol. The van der Waals surface area contributed by atoms with Gasteiger partial charge < -0.3 is 15.0 Å². The Hall–Kier alpha value is -4.70. The molecular formula is C36H40FN3O5S. The van der Waals surface area contributed by atoms with Crippen LogP contribution in [-0.4, -0.2) is 50.4 Å². The Labute approximate surface area is 270 Å². The van der Waals surface area contributed by atoms with Crippen LogP contribution in [0.2, 0.25) is 0 Å². The number of hydrogen-bond acceptors (Lipinski definition) is 5. The van der Waals surface area contributed by atoms with Gasteiger partial charge in [-0.15, -0.1) is 0 Å². The maximum atomic E-state index is 14.5. The predicted octanol–water partition coefficient (Wildman–Crippen LogP) is 5.97. The Morgan fingerprint density at radius 3 is 1.98 bits per heavy atom. The Morgan fingerprint density at radius 2 is 1.41 bits per heavy atom. The van der Waals surface area contributed by atoms with Gasteiger partial charge in [0.2, 0.25) is 11.8 Å². The molecule has 0 aliphatic heterocycles. The van der Waals surface area contributed by atoms with Gasteiger partial charge in [0.1, 0.15) is 24.2 Å². The standard InChI is InChI=1S/C36H40FN3O5S/c1-4-27(3)38-36(42)34(24-28-12-8-6-9-13-28)39(25-29-14-10-7-11-15-29)35(41)26-40(31-18-20-32(21-19-31)45-5-2)46(43,44)33-22-16-30(37)17-23-33/h6-23,27,34H,4-5,24-26H2,1-3H3,(H,38,42). The average molecular weight is 646 g/mol. The molecule has 10 heteroatoms. The fourth-order valence-electron chi connectivity index (χ4n) is 4.91. The number of anilines is 1. The van der Waals surface area contributed by atoms with Gasteiger partial charge in [-0.3, -0.25) is 13.9 Å². The summed E-state index contributed by atoms with van der Waals surface area (Å²) in [5, 5.41) is 3.02. The lowest BCUT2D eigenvalue weighted by Gasteiger charge is -2.34. The molecule has 2 atom stereocenters. The van der Waals surface area contributed by atoms with E-state index in [1.165, 1.54) is 4.90 Å². The molecule has 4 aromatic rings. The third-order valence-electron chi connectivity index (χ3n) is 7.58. The topological polar surface area (TPSA) is 96.0 Å². The highest BCUT2D eigenvalue weighted by Gasteiger charge is 2.35. The molecule has 8 nitrogen and oxygen atoms in total.